The molecule has 1 aliphatic rings. The van der Waals surface area contributed by atoms with Gasteiger partial charge in [0.15, 0.2) is 0 Å². The molecule has 0 spiro atoms. The Balaban J connectivity index is 1.50. The highest BCUT2D eigenvalue weighted by molar-refractivity contribution is 5.76. The summed E-state index contributed by atoms with van der Waals surface area (Å²) < 4.78 is 0. The Morgan fingerprint density at radius 2 is 2.18 bits per heavy atom. The molecule has 1 aliphatic heterocycles. The van der Waals surface area contributed by atoms with Gasteiger partial charge >= 0.3 is 0 Å². The fraction of sp³-hybridized carbons (Fsp3) is 0.333. The van der Waals surface area contributed by atoms with Crippen molar-refractivity contribution in [2.45, 2.75) is 25.3 Å². The van der Waals surface area contributed by atoms with Crippen LogP contribution in [0.5, 0.6) is 0 Å². The molecule has 4 heterocycles. The maximum Gasteiger partial charge on any atom is 0.137 e. The van der Waals surface area contributed by atoms with Crippen molar-refractivity contribution in [2.24, 2.45) is 0 Å². The number of hydrogen-bond donors (Lipinski definition) is 1. The topological polar surface area (TPSA) is 44.8 Å². The Hall–Kier alpha value is -2.20. The van der Waals surface area contributed by atoms with Gasteiger partial charge < -0.3 is 4.98 Å². The van der Waals surface area contributed by atoms with Crippen LogP contribution in [0.15, 0.2) is 48.9 Å². The molecule has 3 aromatic rings. The second-order valence-electron chi connectivity index (χ2n) is 6.10. The summed E-state index contributed by atoms with van der Waals surface area (Å²) in [7, 11) is 0. The van der Waals surface area contributed by atoms with Crippen LogP contribution >= 0.6 is 0 Å². The molecule has 4 nitrogen and oxygen atoms in total. The minimum Gasteiger partial charge on any atom is -0.343 e. The smallest absolute Gasteiger partial charge is 0.137 e. The Labute approximate surface area is 130 Å². The highest BCUT2D eigenvalue weighted by Crippen LogP contribution is 2.29. The molecule has 0 aromatic carbocycles. The van der Waals surface area contributed by atoms with Gasteiger partial charge in [-0.2, -0.15) is 0 Å². The van der Waals surface area contributed by atoms with Gasteiger partial charge in [-0.25, -0.2) is 4.98 Å². The van der Waals surface area contributed by atoms with E-state index in [4.69, 9.17) is 0 Å². The summed E-state index contributed by atoms with van der Waals surface area (Å²) >= 11 is 0. The minimum atomic E-state index is 0.569. The molecular formula is C18H20N4. The lowest BCUT2D eigenvalue weighted by Crippen LogP contribution is -2.34. The molecule has 4 rings (SSSR count). The second-order valence-corrected chi connectivity index (χ2v) is 6.10. The number of H-pyrrole nitrogens is 1. The third-order valence-corrected chi connectivity index (χ3v) is 4.49. The predicted octanol–water partition coefficient (Wildman–Crippen LogP) is 3.34. The van der Waals surface area contributed by atoms with E-state index in [0.717, 1.165) is 18.7 Å². The van der Waals surface area contributed by atoms with E-state index in [1.54, 1.807) is 0 Å². The molecule has 1 saturated heterocycles. The van der Waals surface area contributed by atoms with Crippen LogP contribution in [0.1, 0.15) is 30.0 Å². The molecule has 1 N–H and O–H groups in total. The zero-order valence-electron chi connectivity index (χ0n) is 12.6. The molecule has 22 heavy (non-hydrogen) atoms. The number of aromatic nitrogens is 3. The Bertz CT molecular complexity index is 717. The van der Waals surface area contributed by atoms with Gasteiger partial charge in [-0.3, -0.25) is 9.88 Å². The van der Waals surface area contributed by atoms with E-state index in [2.05, 4.69) is 38.1 Å². The first kappa shape index (κ1) is 13.5. The first-order valence-electron chi connectivity index (χ1n) is 7.93. The van der Waals surface area contributed by atoms with E-state index in [0.29, 0.717) is 5.92 Å². The number of nitrogens with one attached hydrogen (secondary N) is 1. The number of aromatic amines is 1. The molecule has 0 bridgehead atoms. The number of fused-ring (bicyclic) bond motifs is 1. The van der Waals surface area contributed by atoms with Gasteiger partial charge in [-0.15, -0.1) is 0 Å². The summed E-state index contributed by atoms with van der Waals surface area (Å²) in [5.41, 5.74) is 3.62. The monoisotopic (exact) mass is 292 g/mol. The van der Waals surface area contributed by atoms with E-state index in [1.807, 2.05) is 30.7 Å². The normalized spacial score (nSPS) is 19.5. The number of pyridine rings is 2. The zero-order chi connectivity index (χ0) is 14.8. The standard InChI is InChI=1S/C18H20N4/c1-4-14(11-19-7-1)12-22-9-3-6-16(13-22)17-10-15-5-2-8-20-18(15)21-17/h1-2,4-5,7-8,10-11,16H,3,6,9,12-13H2,(H,20,21)/t16-/m0/s1. The Morgan fingerprint density at radius 1 is 1.23 bits per heavy atom. The van der Waals surface area contributed by atoms with Crippen molar-refractivity contribution in [3.8, 4) is 0 Å². The molecule has 0 radical (unpaired) electrons. The number of rotatable bonds is 3. The number of hydrogen-bond acceptors (Lipinski definition) is 3. The maximum absolute atomic E-state index is 4.41. The fourth-order valence-electron chi connectivity index (χ4n) is 3.40. The number of nitrogens with zero attached hydrogens (tertiary/aromatic N) is 3. The molecule has 1 atom stereocenters. The molecule has 3 aromatic heterocycles. The molecule has 0 amide bonds. The van der Waals surface area contributed by atoms with Crippen molar-refractivity contribution in [2.75, 3.05) is 13.1 Å². The molecule has 0 aliphatic carbocycles. The van der Waals surface area contributed by atoms with Gasteiger partial charge in [0, 0.05) is 48.7 Å². The van der Waals surface area contributed by atoms with Gasteiger partial charge in [-0.1, -0.05) is 6.07 Å². The van der Waals surface area contributed by atoms with Gasteiger partial charge in [0.25, 0.3) is 0 Å². The summed E-state index contributed by atoms with van der Waals surface area (Å²) in [6, 6.07) is 10.6. The van der Waals surface area contributed by atoms with Crippen molar-refractivity contribution in [1.82, 2.24) is 19.9 Å². The van der Waals surface area contributed by atoms with Gasteiger partial charge in [0.2, 0.25) is 0 Å². The van der Waals surface area contributed by atoms with Gasteiger partial charge in [-0.05, 0) is 49.2 Å². The van der Waals surface area contributed by atoms with Crippen molar-refractivity contribution in [1.29, 1.82) is 0 Å². The van der Waals surface area contributed by atoms with Crippen LogP contribution in [-0.4, -0.2) is 32.9 Å². The molecular weight excluding hydrogens is 272 g/mol. The lowest BCUT2D eigenvalue weighted by atomic mass is 9.94. The van der Waals surface area contributed by atoms with Crippen LogP contribution in [0, 0.1) is 0 Å². The third-order valence-electron chi connectivity index (χ3n) is 4.49. The Morgan fingerprint density at radius 3 is 3.05 bits per heavy atom. The summed E-state index contributed by atoms with van der Waals surface area (Å²) in [5.74, 6) is 0.569. The van der Waals surface area contributed by atoms with Crippen LogP contribution in [0.4, 0.5) is 0 Å². The van der Waals surface area contributed by atoms with E-state index in [-0.39, 0.29) is 0 Å². The highest BCUT2D eigenvalue weighted by atomic mass is 15.1. The third kappa shape index (κ3) is 2.74. The van der Waals surface area contributed by atoms with Crippen molar-refractivity contribution >= 4 is 11.0 Å². The largest absolute Gasteiger partial charge is 0.343 e. The average Bonchev–Trinajstić information content (AvgIpc) is 3.00. The first-order valence-corrected chi connectivity index (χ1v) is 7.93. The zero-order valence-corrected chi connectivity index (χ0v) is 12.6. The van der Waals surface area contributed by atoms with Crippen molar-refractivity contribution in [3.63, 3.8) is 0 Å². The van der Waals surface area contributed by atoms with E-state index in [9.17, 15) is 0 Å². The molecule has 112 valence electrons. The number of piperidine rings is 1. The van der Waals surface area contributed by atoms with Crippen LogP contribution in [0.25, 0.3) is 11.0 Å². The average molecular weight is 292 g/mol. The van der Waals surface area contributed by atoms with E-state index < -0.39 is 0 Å². The van der Waals surface area contributed by atoms with E-state index in [1.165, 1.54) is 36.0 Å². The summed E-state index contributed by atoms with van der Waals surface area (Å²) in [5, 5.41) is 1.21. The SMILES string of the molecule is c1cncc(CN2CCC[C@H](c3cc4cccnc4[nH]3)C2)c1. The lowest BCUT2D eigenvalue weighted by Gasteiger charge is -2.32. The number of likely N-dealkylation sites (tertiary alicyclic amines) is 1. The molecule has 0 unspecified atom stereocenters. The summed E-state index contributed by atoms with van der Waals surface area (Å²) in [6.45, 7) is 3.26. The first-order chi connectivity index (χ1) is 10.9. The van der Waals surface area contributed by atoms with Crippen molar-refractivity contribution < 1.29 is 0 Å². The molecule has 0 saturated carbocycles. The highest BCUT2D eigenvalue weighted by Gasteiger charge is 2.22. The van der Waals surface area contributed by atoms with Gasteiger partial charge in [0.05, 0.1) is 0 Å². The maximum atomic E-state index is 4.41. The van der Waals surface area contributed by atoms with Crippen LogP contribution in [0.2, 0.25) is 0 Å². The summed E-state index contributed by atoms with van der Waals surface area (Å²) in [6.07, 6.45) is 8.14. The second kappa shape index (κ2) is 5.89. The predicted molar refractivity (Wildman–Crippen MR) is 87.6 cm³/mol. The van der Waals surface area contributed by atoms with Crippen LogP contribution in [0.3, 0.4) is 0 Å². The lowest BCUT2D eigenvalue weighted by molar-refractivity contribution is 0.198. The van der Waals surface area contributed by atoms with Crippen LogP contribution < -0.4 is 0 Å². The minimum absolute atomic E-state index is 0.569. The quantitative estimate of drug-likeness (QED) is 0.805. The van der Waals surface area contributed by atoms with Gasteiger partial charge in [0.1, 0.15) is 5.65 Å². The van der Waals surface area contributed by atoms with Crippen molar-refractivity contribution in [3.05, 3.63) is 60.2 Å². The molecule has 4 heteroatoms. The fourth-order valence-corrected chi connectivity index (χ4v) is 3.40. The Kier molecular flexibility index (Phi) is 3.60. The summed E-state index contributed by atoms with van der Waals surface area (Å²) in [4.78, 5) is 14.7. The van der Waals surface area contributed by atoms with Crippen LogP contribution in [-0.2, 0) is 6.54 Å². The van der Waals surface area contributed by atoms with E-state index >= 15 is 0 Å². The molecule has 1 fully saturated rings.